The molecule has 1 N–H and O–H groups in total. The number of hydrogen-bond acceptors (Lipinski definition) is 8. The van der Waals surface area contributed by atoms with Crippen LogP contribution in [0.2, 0.25) is 5.02 Å². The average molecular weight is 519 g/mol. The van der Waals surface area contributed by atoms with Crippen molar-refractivity contribution in [3.63, 3.8) is 0 Å². The quantitative estimate of drug-likeness (QED) is 0.242. The SMILES string of the molecule is CCOc1ccc(C(=O)N/N=C/c2cc(Cl)c(OS(=O)(=O)c3ccccc3)c(OC)c2)cc1OC. The summed E-state index contributed by atoms with van der Waals surface area (Å²) in [6, 6.07) is 15.3. The number of benzene rings is 3. The summed E-state index contributed by atoms with van der Waals surface area (Å²) in [7, 11) is -1.30. The first kappa shape index (κ1) is 25.9. The van der Waals surface area contributed by atoms with Crippen molar-refractivity contribution < 1.29 is 31.6 Å². The zero-order valence-corrected chi connectivity index (χ0v) is 20.7. The third-order valence-corrected chi connectivity index (χ3v) is 6.10. The minimum Gasteiger partial charge on any atom is -0.493 e. The summed E-state index contributed by atoms with van der Waals surface area (Å²) >= 11 is 6.27. The predicted molar refractivity (Wildman–Crippen MR) is 131 cm³/mol. The zero-order chi connectivity index (χ0) is 25.4. The van der Waals surface area contributed by atoms with Gasteiger partial charge in [0.05, 0.1) is 32.1 Å². The maximum absolute atomic E-state index is 12.6. The topological polar surface area (TPSA) is 113 Å². The van der Waals surface area contributed by atoms with Crippen LogP contribution in [0, 0.1) is 0 Å². The minimum atomic E-state index is -4.13. The summed E-state index contributed by atoms with van der Waals surface area (Å²) in [6.07, 6.45) is 1.33. The number of hydrogen-bond donors (Lipinski definition) is 1. The lowest BCUT2D eigenvalue weighted by Crippen LogP contribution is -2.17. The van der Waals surface area contributed by atoms with E-state index in [-0.39, 0.29) is 21.4 Å². The molecular weight excluding hydrogens is 496 g/mol. The van der Waals surface area contributed by atoms with Crippen LogP contribution >= 0.6 is 11.6 Å². The fourth-order valence-electron chi connectivity index (χ4n) is 2.95. The van der Waals surface area contributed by atoms with E-state index in [1.165, 1.54) is 50.8 Å². The predicted octanol–water partition coefficient (Wildman–Crippen LogP) is 4.29. The van der Waals surface area contributed by atoms with Crippen LogP contribution in [0.4, 0.5) is 0 Å². The van der Waals surface area contributed by atoms with Crippen molar-refractivity contribution in [2.75, 3.05) is 20.8 Å². The highest BCUT2D eigenvalue weighted by molar-refractivity contribution is 7.87. The van der Waals surface area contributed by atoms with Gasteiger partial charge in [0.25, 0.3) is 5.91 Å². The van der Waals surface area contributed by atoms with E-state index in [0.717, 1.165) is 0 Å². The number of nitrogens with one attached hydrogen (secondary N) is 1. The van der Waals surface area contributed by atoms with E-state index in [9.17, 15) is 13.2 Å². The van der Waals surface area contributed by atoms with Crippen LogP contribution in [0.1, 0.15) is 22.8 Å². The molecule has 1 amide bonds. The molecule has 3 aromatic carbocycles. The average Bonchev–Trinajstić information content (AvgIpc) is 2.86. The van der Waals surface area contributed by atoms with Crippen molar-refractivity contribution in [1.29, 1.82) is 0 Å². The molecule has 11 heteroatoms. The summed E-state index contributed by atoms with van der Waals surface area (Å²) in [4.78, 5) is 12.4. The van der Waals surface area contributed by atoms with Gasteiger partial charge in [-0.25, -0.2) is 5.43 Å². The molecule has 9 nitrogen and oxygen atoms in total. The van der Waals surface area contributed by atoms with Gasteiger partial charge in [0.15, 0.2) is 17.2 Å². The van der Waals surface area contributed by atoms with Gasteiger partial charge in [-0.2, -0.15) is 13.5 Å². The van der Waals surface area contributed by atoms with Gasteiger partial charge < -0.3 is 18.4 Å². The highest BCUT2D eigenvalue weighted by Gasteiger charge is 2.22. The first-order valence-corrected chi connectivity index (χ1v) is 12.1. The van der Waals surface area contributed by atoms with Crippen molar-refractivity contribution in [2.45, 2.75) is 11.8 Å². The van der Waals surface area contributed by atoms with Crippen LogP contribution < -0.4 is 23.8 Å². The van der Waals surface area contributed by atoms with Crippen LogP contribution in [0.15, 0.2) is 70.7 Å². The Morgan fingerprint density at radius 3 is 2.37 bits per heavy atom. The van der Waals surface area contributed by atoms with Crippen molar-refractivity contribution in [1.82, 2.24) is 5.43 Å². The largest absolute Gasteiger partial charge is 0.493 e. The van der Waals surface area contributed by atoms with Crippen LogP contribution in [0.5, 0.6) is 23.0 Å². The minimum absolute atomic E-state index is 0.0205. The van der Waals surface area contributed by atoms with E-state index in [2.05, 4.69) is 10.5 Å². The number of halogens is 1. The lowest BCUT2D eigenvalue weighted by molar-refractivity contribution is 0.0954. The third kappa shape index (κ3) is 6.43. The van der Waals surface area contributed by atoms with Gasteiger partial charge in [-0.15, -0.1) is 0 Å². The Labute approximate surface area is 208 Å². The second-order valence-electron chi connectivity index (χ2n) is 6.88. The van der Waals surface area contributed by atoms with E-state index < -0.39 is 16.0 Å². The molecule has 3 rings (SSSR count). The smallest absolute Gasteiger partial charge is 0.339 e. The molecule has 0 saturated heterocycles. The number of methoxy groups -OCH3 is 2. The summed E-state index contributed by atoms with van der Waals surface area (Å²) in [5.41, 5.74) is 3.15. The fraction of sp³-hybridized carbons (Fsp3) is 0.167. The Balaban J connectivity index is 1.76. The Kier molecular flexibility index (Phi) is 8.56. The molecule has 3 aromatic rings. The molecule has 0 fully saturated rings. The molecule has 0 atom stereocenters. The van der Waals surface area contributed by atoms with E-state index in [1.807, 2.05) is 6.92 Å². The molecule has 0 bridgehead atoms. The Morgan fingerprint density at radius 1 is 1.00 bits per heavy atom. The van der Waals surface area contributed by atoms with Crippen molar-refractivity contribution in [3.8, 4) is 23.0 Å². The Bertz CT molecular complexity index is 1330. The van der Waals surface area contributed by atoms with Crippen molar-refractivity contribution in [3.05, 3.63) is 76.8 Å². The van der Waals surface area contributed by atoms with Gasteiger partial charge in [-0.05, 0) is 55.0 Å². The van der Waals surface area contributed by atoms with Gasteiger partial charge >= 0.3 is 10.1 Å². The van der Waals surface area contributed by atoms with Crippen LogP contribution in [-0.2, 0) is 10.1 Å². The van der Waals surface area contributed by atoms with E-state index >= 15 is 0 Å². The molecule has 0 aliphatic rings. The second-order valence-corrected chi connectivity index (χ2v) is 8.84. The van der Waals surface area contributed by atoms with E-state index in [4.69, 9.17) is 30.0 Å². The summed E-state index contributed by atoms with van der Waals surface area (Å²) in [5, 5.41) is 3.91. The lowest BCUT2D eigenvalue weighted by Gasteiger charge is -2.13. The lowest BCUT2D eigenvalue weighted by atomic mass is 10.2. The molecule has 35 heavy (non-hydrogen) atoms. The highest BCUT2D eigenvalue weighted by Crippen LogP contribution is 2.38. The molecule has 184 valence electrons. The maximum Gasteiger partial charge on any atom is 0.339 e. The maximum atomic E-state index is 12.6. The summed E-state index contributed by atoms with van der Waals surface area (Å²) < 4.78 is 46.3. The first-order valence-electron chi connectivity index (χ1n) is 10.3. The number of rotatable bonds is 10. The van der Waals surface area contributed by atoms with Crippen LogP contribution in [0.25, 0.3) is 0 Å². The highest BCUT2D eigenvalue weighted by atomic mass is 35.5. The van der Waals surface area contributed by atoms with Crippen LogP contribution in [0.3, 0.4) is 0 Å². The number of amides is 1. The monoisotopic (exact) mass is 518 g/mol. The van der Waals surface area contributed by atoms with E-state index in [1.54, 1.807) is 30.3 Å². The molecule has 0 saturated carbocycles. The zero-order valence-electron chi connectivity index (χ0n) is 19.1. The van der Waals surface area contributed by atoms with Crippen molar-refractivity contribution in [2.24, 2.45) is 5.10 Å². The molecule has 0 spiro atoms. The van der Waals surface area contributed by atoms with Gasteiger partial charge in [0.2, 0.25) is 5.75 Å². The van der Waals surface area contributed by atoms with E-state index in [0.29, 0.717) is 29.2 Å². The molecular formula is C24H23ClN2O7S. The Hall–Kier alpha value is -3.76. The van der Waals surface area contributed by atoms with Gasteiger partial charge in [-0.3, -0.25) is 4.79 Å². The first-order chi connectivity index (χ1) is 16.8. The Morgan fingerprint density at radius 2 is 1.71 bits per heavy atom. The second kappa shape index (κ2) is 11.6. The molecule has 0 aromatic heterocycles. The van der Waals surface area contributed by atoms with Crippen LogP contribution in [-0.4, -0.2) is 41.4 Å². The number of carbonyl (C=O) groups is 1. The van der Waals surface area contributed by atoms with Crippen molar-refractivity contribution >= 4 is 33.8 Å². The summed E-state index contributed by atoms with van der Waals surface area (Å²) in [6.45, 7) is 2.30. The fourth-order valence-corrected chi connectivity index (χ4v) is 4.24. The molecule has 0 heterocycles. The van der Waals surface area contributed by atoms with Gasteiger partial charge in [0.1, 0.15) is 4.90 Å². The third-order valence-electron chi connectivity index (χ3n) is 4.58. The van der Waals surface area contributed by atoms with Gasteiger partial charge in [0, 0.05) is 5.56 Å². The standard InChI is InChI=1S/C24H23ClN2O7S/c1-4-33-20-11-10-17(14-21(20)31-2)24(28)27-26-15-16-12-19(25)23(22(13-16)32-3)34-35(29,30)18-8-6-5-7-9-18/h5-15H,4H2,1-3H3,(H,27,28)/b26-15+. The number of carbonyl (C=O) groups excluding carboxylic acids is 1. The number of hydrazone groups is 1. The summed E-state index contributed by atoms with van der Waals surface area (Å²) in [5.74, 6) is 0.366. The molecule has 0 radical (unpaired) electrons. The normalized spacial score (nSPS) is 11.2. The molecule has 0 aliphatic carbocycles. The molecule has 0 aliphatic heterocycles. The van der Waals surface area contributed by atoms with Gasteiger partial charge in [-0.1, -0.05) is 29.8 Å². The molecule has 0 unspecified atom stereocenters. The number of nitrogens with zero attached hydrogens (tertiary/aromatic N) is 1. The number of ether oxygens (including phenoxy) is 3.